The Morgan fingerprint density at radius 2 is 1.26 bits per heavy atom. The fourth-order valence-electron chi connectivity index (χ4n) is 5.17. The third kappa shape index (κ3) is 35.0. The summed E-state index contributed by atoms with van der Waals surface area (Å²) in [5.74, 6) is 0.136. The van der Waals surface area contributed by atoms with Crippen molar-refractivity contribution in [1.82, 2.24) is 0 Å². The van der Waals surface area contributed by atoms with Gasteiger partial charge in [0.05, 0.1) is 12.7 Å². The lowest BCUT2D eigenvalue weighted by atomic mass is 10.0. The minimum atomic E-state index is -0.810. The smallest absolute Gasteiger partial charge is 0.306 e. The maximum Gasteiger partial charge on any atom is 0.306 e. The summed E-state index contributed by atoms with van der Waals surface area (Å²) in [6.45, 7) is 6.32. The molecule has 272 valence electrons. The molecule has 0 heterocycles. The quantitative estimate of drug-likeness (QED) is 0.0315. The lowest BCUT2D eigenvalue weighted by Gasteiger charge is -2.15. The monoisotopic (exact) mass is 661 g/mol. The lowest BCUT2D eigenvalue weighted by molar-refractivity contribution is -0.161. The number of rotatable bonds is 33. The van der Waals surface area contributed by atoms with Gasteiger partial charge in [0.1, 0.15) is 6.61 Å². The maximum atomic E-state index is 12.1. The van der Waals surface area contributed by atoms with Crippen LogP contribution in [0.5, 0.6) is 0 Å². The number of esters is 2. The van der Waals surface area contributed by atoms with Gasteiger partial charge in [-0.05, 0) is 50.9 Å². The number of unbranched alkanes of at least 4 members (excludes halogenated alkanes) is 15. The Morgan fingerprint density at radius 3 is 1.89 bits per heavy atom. The van der Waals surface area contributed by atoms with Crippen LogP contribution in [-0.4, -0.2) is 47.6 Å². The fraction of sp³-hybridized carbons (Fsp3) is 0.756. The molecular formula is C41H72O6. The first-order valence-electron chi connectivity index (χ1n) is 19.2. The van der Waals surface area contributed by atoms with Crippen molar-refractivity contribution in [2.75, 3.05) is 13.2 Å². The van der Waals surface area contributed by atoms with Gasteiger partial charge in [0.2, 0.25) is 0 Å². The molecule has 6 heteroatoms. The Morgan fingerprint density at radius 1 is 0.660 bits per heavy atom. The first kappa shape index (κ1) is 44.8. The molecule has 0 rings (SSSR count). The van der Waals surface area contributed by atoms with E-state index in [9.17, 15) is 19.8 Å². The fourth-order valence-corrected chi connectivity index (χ4v) is 5.17. The van der Waals surface area contributed by atoms with Gasteiger partial charge in [0, 0.05) is 12.8 Å². The van der Waals surface area contributed by atoms with Crippen LogP contribution >= 0.6 is 0 Å². The van der Waals surface area contributed by atoms with Gasteiger partial charge in [-0.1, -0.05) is 159 Å². The number of aliphatic hydroxyl groups is 2. The van der Waals surface area contributed by atoms with E-state index in [-0.39, 0.29) is 31.6 Å². The van der Waals surface area contributed by atoms with Crippen LogP contribution in [0, 0.1) is 5.92 Å². The van der Waals surface area contributed by atoms with E-state index in [1.54, 1.807) is 6.08 Å². The Labute approximate surface area is 289 Å². The molecule has 0 radical (unpaired) electrons. The predicted octanol–water partition coefficient (Wildman–Crippen LogP) is 10.7. The number of hydrogen-bond donors (Lipinski definition) is 2. The average molecular weight is 661 g/mol. The van der Waals surface area contributed by atoms with Crippen LogP contribution in [0.15, 0.2) is 48.6 Å². The molecule has 6 nitrogen and oxygen atoms in total. The number of hydrogen-bond acceptors (Lipinski definition) is 6. The van der Waals surface area contributed by atoms with Gasteiger partial charge < -0.3 is 19.7 Å². The van der Waals surface area contributed by atoms with Crippen LogP contribution in [0.3, 0.4) is 0 Å². The number of allylic oxidation sites excluding steroid dienone is 6. The maximum absolute atomic E-state index is 12.1. The number of carbonyl (C=O) groups is 2. The molecular weight excluding hydrogens is 588 g/mol. The van der Waals surface area contributed by atoms with Crippen molar-refractivity contribution < 1.29 is 29.3 Å². The van der Waals surface area contributed by atoms with Gasteiger partial charge in [-0.15, -0.1) is 0 Å². The Bertz CT molecular complexity index is 828. The molecule has 0 amide bonds. The summed E-state index contributed by atoms with van der Waals surface area (Å²) >= 11 is 0. The van der Waals surface area contributed by atoms with Crippen LogP contribution in [0.1, 0.15) is 168 Å². The third-order valence-electron chi connectivity index (χ3n) is 8.13. The van der Waals surface area contributed by atoms with Gasteiger partial charge >= 0.3 is 11.9 Å². The van der Waals surface area contributed by atoms with Gasteiger partial charge in [0.25, 0.3) is 0 Å². The summed E-state index contributed by atoms with van der Waals surface area (Å²) in [7, 11) is 0. The van der Waals surface area contributed by atoms with Gasteiger partial charge in [-0.2, -0.15) is 0 Å². The van der Waals surface area contributed by atoms with E-state index >= 15 is 0 Å². The van der Waals surface area contributed by atoms with Crippen LogP contribution in [0.2, 0.25) is 0 Å². The minimum Gasteiger partial charge on any atom is -0.462 e. The molecule has 0 aliphatic heterocycles. The van der Waals surface area contributed by atoms with Crippen molar-refractivity contribution in [3.05, 3.63) is 48.6 Å². The summed E-state index contributed by atoms with van der Waals surface area (Å²) < 4.78 is 10.5. The molecule has 0 saturated heterocycles. The molecule has 2 N–H and O–H groups in total. The van der Waals surface area contributed by atoms with E-state index in [0.29, 0.717) is 19.3 Å². The molecule has 0 aliphatic rings. The molecule has 0 saturated carbocycles. The van der Waals surface area contributed by atoms with Crippen LogP contribution < -0.4 is 0 Å². The predicted molar refractivity (Wildman–Crippen MR) is 197 cm³/mol. The van der Waals surface area contributed by atoms with E-state index in [2.05, 4.69) is 32.9 Å². The van der Waals surface area contributed by atoms with Crippen molar-refractivity contribution in [2.45, 2.75) is 181 Å². The molecule has 0 aromatic rings. The molecule has 0 bridgehead atoms. The van der Waals surface area contributed by atoms with Crippen molar-refractivity contribution in [3.63, 3.8) is 0 Å². The molecule has 0 aromatic heterocycles. The lowest BCUT2D eigenvalue weighted by Crippen LogP contribution is -2.28. The van der Waals surface area contributed by atoms with Gasteiger partial charge in [-0.3, -0.25) is 9.59 Å². The highest BCUT2D eigenvalue weighted by Gasteiger charge is 2.16. The second kappa shape index (κ2) is 35.1. The Hall–Kier alpha value is -2.18. The minimum absolute atomic E-state index is 0.114. The summed E-state index contributed by atoms with van der Waals surface area (Å²) in [6, 6.07) is 0. The second-order valence-corrected chi connectivity index (χ2v) is 13.3. The van der Waals surface area contributed by atoms with Crippen LogP contribution in [-0.2, 0) is 19.1 Å². The second-order valence-electron chi connectivity index (χ2n) is 13.3. The third-order valence-corrected chi connectivity index (χ3v) is 8.13. The summed E-state index contributed by atoms with van der Waals surface area (Å²) in [4.78, 5) is 24.2. The highest BCUT2D eigenvalue weighted by molar-refractivity contribution is 5.70. The highest BCUT2D eigenvalue weighted by Crippen LogP contribution is 2.15. The van der Waals surface area contributed by atoms with E-state index < -0.39 is 12.2 Å². The van der Waals surface area contributed by atoms with Gasteiger partial charge in [-0.25, -0.2) is 0 Å². The topological polar surface area (TPSA) is 93.1 Å². The van der Waals surface area contributed by atoms with Crippen molar-refractivity contribution in [2.24, 2.45) is 5.92 Å². The van der Waals surface area contributed by atoms with Crippen LogP contribution in [0.4, 0.5) is 0 Å². The average Bonchev–Trinajstić information content (AvgIpc) is 3.05. The van der Waals surface area contributed by atoms with Gasteiger partial charge in [0.15, 0.2) is 6.10 Å². The number of aliphatic hydroxyl groups excluding tert-OH is 2. The standard InChI is InChI=1S/C41H72O6/c1-4-5-6-7-21-26-31-38(43)32-27-22-17-14-15-18-23-28-33-40(44)46-36-39(35-42)47-41(45)34-29-24-19-13-11-9-8-10-12-16-20-25-30-37(2)3/h15,17-18,21-22,26-27,32,37-39,42-43H,4-14,16,19-20,23-25,28-31,33-36H2,1-3H3/b18-15-,22-17-,26-21-,32-27+/t38-,39+/m1/s1. The largest absolute Gasteiger partial charge is 0.462 e. The molecule has 0 spiro atoms. The molecule has 0 aliphatic carbocycles. The number of ether oxygens (including phenoxy) is 2. The summed E-state index contributed by atoms with van der Waals surface area (Å²) in [6.07, 6.45) is 39.1. The SMILES string of the molecule is CCCCC/C=C\C[C@@H](O)/C=C/C=C\C/C=C\CCCC(=O)OC[C@H](CO)OC(=O)CCCCCCCCCCCCCCC(C)C. The first-order valence-corrected chi connectivity index (χ1v) is 19.2. The van der Waals surface area contributed by atoms with Crippen LogP contribution in [0.25, 0.3) is 0 Å². The zero-order valence-electron chi connectivity index (χ0n) is 30.6. The normalized spacial score (nSPS) is 13.5. The highest BCUT2D eigenvalue weighted by atomic mass is 16.6. The van der Waals surface area contributed by atoms with E-state index in [0.717, 1.165) is 44.4 Å². The Balaban J connectivity index is 3.73. The van der Waals surface area contributed by atoms with E-state index in [4.69, 9.17) is 9.47 Å². The Kier molecular flexibility index (Phi) is 33.5. The van der Waals surface area contributed by atoms with E-state index in [1.807, 2.05) is 30.4 Å². The van der Waals surface area contributed by atoms with E-state index in [1.165, 1.54) is 83.5 Å². The molecule has 2 atom stereocenters. The first-order chi connectivity index (χ1) is 22.9. The van der Waals surface area contributed by atoms with Crippen molar-refractivity contribution in [3.8, 4) is 0 Å². The summed E-state index contributed by atoms with van der Waals surface area (Å²) in [5.41, 5.74) is 0. The summed E-state index contributed by atoms with van der Waals surface area (Å²) in [5, 5.41) is 19.5. The zero-order valence-corrected chi connectivity index (χ0v) is 30.6. The molecule has 0 unspecified atom stereocenters. The molecule has 0 aromatic carbocycles. The molecule has 47 heavy (non-hydrogen) atoms. The zero-order chi connectivity index (χ0) is 34.6. The molecule has 0 fully saturated rings. The van der Waals surface area contributed by atoms with Crippen molar-refractivity contribution >= 4 is 11.9 Å². The number of carbonyl (C=O) groups excluding carboxylic acids is 2. The van der Waals surface area contributed by atoms with Crippen molar-refractivity contribution in [1.29, 1.82) is 0 Å².